The molecule has 0 saturated heterocycles. The van der Waals surface area contributed by atoms with Gasteiger partial charge in [-0.15, -0.1) is 11.3 Å². The molecule has 0 aromatic carbocycles. The second kappa shape index (κ2) is 7.21. The Kier molecular flexibility index (Phi) is 5.32. The van der Waals surface area contributed by atoms with Gasteiger partial charge >= 0.3 is 0 Å². The zero-order valence-corrected chi connectivity index (χ0v) is 13.7. The van der Waals surface area contributed by atoms with Gasteiger partial charge in [0.25, 0.3) is 0 Å². The van der Waals surface area contributed by atoms with E-state index in [0.717, 1.165) is 29.0 Å². The summed E-state index contributed by atoms with van der Waals surface area (Å²) in [5.41, 5.74) is 0.913. The number of aromatic nitrogens is 2. The fraction of sp³-hybridized carbons (Fsp3) is 0.500. The maximum atomic E-state index is 5.52. The molecule has 2 N–H and O–H groups in total. The topological polar surface area (TPSA) is 75.3 Å². The lowest BCUT2D eigenvalue weighted by molar-refractivity contribution is 0.473. The molecule has 0 unspecified atom stereocenters. The third-order valence-electron chi connectivity index (χ3n) is 2.87. The van der Waals surface area contributed by atoms with Crippen LogP contribution in [0.2, 0.25) is 0 Å². The van der Waals surface area contributed by atoms with Crippen LogP contribution in [0.5, 0.6) is 0 Å². The Labute approximate surface area is 128 Å². The molecular weight excluding hydrogens is 286 g/mol. The SMILES string of the molecule is CCNC(=NCc1nc(C)c(C)o1)NCc1ncc(C)s1. The van der Waals surface area contributed by atoms with Crippen molar-refractivity contribution in [2.24, 2.45) is 4.99 Å². The smallest absolute Gasteiger partial charge is 0.216 e. The van der Waals surface area contributed by atoms with E-state index < -0.39 is 0 Å². The van der Waals surface area contributed by atoms with Crippen LogP contribution in [0.25, 0.3) is 0 Å². The highest BCUT2D eigenvalue weighted by molar-refractivity contribution is 7.11. The molecule has 0 aliphatic carbocycles. The van der Waals surface area contributed by atoms with Crippen molar-refractivity contribution in [1.82, 2.24) is 20.6 Å². The van der Waals surface area contributed by atoms with Gasteiger partial charge in [-0.1, -0.05) is 0 Å². The molecule has 0 fully saturated rings. The van der Waals surface area contributed by atoms with Crippen molar-refractivity contribution in [1.29, 1.82) is 0 Å². The molecule has 21 heavy (non-hydrogen) atoms. The van der Waals surface area contributed by atoms with Gasteiger partial charge in [-0.05, 0) is 27.7 Å². The van der Waals surface area contributed by atoms with Gasteiger partial charge < -0.3 is 15.1 Å². The van der Waals surface area contributed by atoms with E-state index >= 15 is 0 Å². The average molecular weight is 307 g/mol. The molecule has 2 heterocycles. The molecule has 2 aromatic rings. The quantitative estimate of drug-likeness (QED) is 0.655. The van der Waals surface area contributed by atoms with Crippen LogP contribution in [0.1, 0.15) is 34.2 Å². The van der Waals surface area contributed by atoms with Crippen LogP contribution in [-0.2, 0) is 13.1 Å². The summed E-state index contributed by atoms with van der Waals surface area (Å²) >= 11 is 1.68. The summed E-state index contributed by atoms with van der Waals surface area (Å²) in [5.74, 6) is 2.21. The first-order chi connectivity index (χ1) is 10.1. The second-order valence-corrected chi connectivity index (χ2v) is 5.98. The highest BCUT2D eigenvalue weighted by atomic mass is 32.1. The normalized spacial score (nSPS) is 11.7. The van der Waals surface area contributed by atoms with Crippen molar-refractivity contribution in [2.45, 2.75) is 40.8 Å². The van der Waals surface area contributed by atoms with Crippen molar-refractivity contribution in [2.75, 3.05) is 6.54 Å². The number of thiazole rings is 1. The summed E-state index contributed by atoms with van der Waals surface area (Å²) in [6, 6.07) is 0. The lowest BCUT2D eigenvalue weighted by Gasteiger charge is -2.09. The van der Waals surface area contributed by atoms with Crippen molar-refractivity contribution >= 4 is 17.3 Å². The lowest BCUT2D eigenvalue weighted by atomic mass is 10.4. The third-order valence-corrected chi connectivity index (χ3v) is 3.78. The fourth-order valence-corrected chi connectivity index (χ4v) is 2.46. The molecule has 0 bridgehead atoms. The highest BCUT2D eigenvalue weighted by Crippen LogP contribution is 2.11. The number of hydrogen-bond acceptors (Lipinski definition) is 5. The monoisotopic (exact) mass is 307 g/mol. The zero-order valence-electron chi connectivity index (χ0n) is 12.9. The van der Waals surface area contributed by atoms with E-state index in [0.29, 0.717) is 19.0 Å². The Hall–Kier alpha value is -1.89. The molecule has 0 aliphatic rings. The first-order valence-electron chi connectivity index (χ1n) is 6.95. The minimum atomic E-state index is 0.418. The van der Waals surface area contributed by atoms with Gasteiger partial charge in [0.2, 0.25) is 5.89 Å². The van der Waals surface area contributed by atoms with Crippen LogP contribution in [0, 0.1) is 20.8 Å². The van der Waals surface area contributed by atoms with Crippen LogP contribution < -0.4 is 10.6 Å². The van der Waals surface area contributed by atoms with E-state index in [-0.39, 0.29) is 0 Å². The van der Waals surface area contributed by atoms with Crippen LogP contribution in [0.4, 0.5) is 0 Å². The summed E-state index contributed by atoms with van der Waals surface area (Å²) in [4.78, 5) is 14.3. The van der Waals surface area contributed by atoms with Crippen LogP contribution in [0.3, 0.4) is 0 Å². The van der Waals surface area contributed by atoms with E-state index in [4.69, 9.17) is 4.42 Å². The molecule has 2 aromatic heterocycles. The molecule has 6 nitrogen and oxygen atoms in total. The summed E-state index contributed by atoms with van der Waals surface area (Å²) < 4.78 is 5.52. The number of aliphatic imine (C=N–C) groups is 1. The van der Waals surface area contributed by atoms with E-state index in [2.05, 4.69) is 25.6 Å². The molecule has 7 heteroatoms. The Bertz CT molecular complexity index is 597. The Morgan fingerprint density at radius 1 is 1.33 bits per heavy atom. The summed E-state index contributed by atoms with van der Waals surface area (Å²) in [7, 11) is 0. The molecule has 0 amide bonds. The number of oxazole rings is 1. The molecule has 0 atom stereocenters. The molecule has 0 aliphatic heterocycles. The average Bonchev–Trinajstić information content (AvgIpc) is 3.00. The maximum Gasteiger partial charge on any atom is 0.216 e. The van der Waals surface area contributed by atoms with Gasteiger partial charge in [-0.2, -0.15) is 0 Å². The van der Waals surface area contributed by atoms with Gasteiger partial charge in [0.15, 0.2) is 5.96 Å². The highest BCUT2D eigenvalue weighted by Gasteiger charge is 2.06. The Morgan fingerprint density at radius 2 is 2.14 bits per heavy atom. The summed E-state index contributed by atoms with van der Waals surface area (Å²) in [5, 5.41) is 7.50. The second-order valence-electron chi connectivity index (χ2n) is 4.66. The van der Waals surface area contributed by atoms with E-state index in [1.165, 1.54) is 4.88 Å². The lowest BCUT2D eigenvalue weighted by Crippen LogP contribution is -2.36. The summed E-state index contributed by atoms with van der Waals surface area (Å²) in [6.45, 7) is 9.79. The number of hydrogen-bond donors (Lipinski definition) is 2. The Morgan fingerprint density at radius 3 is 2.71 bits per heavy atom. The molecule has 2 rings (SSSR count). The standard InChI is InChI=1S/C14H21N5OS/c1-5-15-14(18-8-13-16-6-9(2)21-13)17-7-12-19-10(3)11(4)20-12/h6H,5,7-8H2,1-4H3,(H2,15,17,18). The maximum absolute atomic E-state index is 5.52. The number of guanidine groups is 1. The largest absolute Gasteiger partial charge is 0.444 e. The zero-order chi connectivity index (χ0) is 15.2. The third kappa shape index (κ3) is 4.56. The summed E-state index contributed by atoms with van der Waals surface area (Å²) in [6.07, 6.45) is 1.88. The fourth-order valence-electron chi connectivity index (χ4n) is 1.74. The van der Waals surface area contributed by atoms with Gasteiger partial charge in [0.05, 0.1) is 12.2 Å². The molecule has 0 radical (unpaired) electrons. The molecule has 0 saturated carbocycles. The predicted molar refractivity (Wildman–Crippen MR) is 84.5 cm³/mol. The molecule has 0 spiro atoms. The molecular formula is C14H21N5OS. The van der Waals surface area contributed by atoms with Gasteiger partial charge in [-0.25, -0.2) is 15.0 Å². The first kappa shape index (κ1) is 15.5. The van der Waals surface area contributed by atoms with Crippen molar-refractivity contribution < 1.29 is 4.42 Å². The first-order valence-corrected chi connectivity index (χ1v) is 7.76. The van der Waals surface area contributed by atoms with Gasteiger partial charge in [0.1, 0.15) is 17.3 Å². The van der Waals surface area contributed by atoms with Gasteiger partial charge in [0, 0.05) is 17.6 Å². The Balaban J connectivity index is 1.95. The number of aryl methyl sites for hydroxylation is 3. The number of nitrogens with one attached hydrogen (secondary N) is 2. The van der Waals surface area contributed by atoms with Crippen LogP contribution in [0.15, 0.2) is 15.6 Å². The van der Waals surface area contributed by atoms with Crippen molar-refractivity contribution in [3.63, 3.8) is 0 Å². The van der Waals surface area contributed by atoms with Crippen molar-refractivity contribution in [3.05, 3.63) is 33.4 Å². The molecule has 114 valence electrons. The number of rotatable bonds is 5. The van der Waals surface area contributed by atoms with E-state index in [9.17, 15) is 0 Å². The van der Waals surface area contributed by atoms with E-state index in [1.54, 1.807) is 11.3 Å². The minimum Gasteiger partial charge on any atom is -0.444 e. The van der Waals surface area contributed by atoms with Gasteiger partial charge in [-0.3, -0.25) is 0 Å². The van der Waals surface area contributed by atoms with Crippen LogP contribution in [-0.4, -0.2) is 22.5 Å². The minimum absolute atomic E-state index is 0.418. The van der Waals surface area contributed by atoms with Crippen LogP contribution >= 0.6 is 11.3 Å². The van der Waals surface area contributed by atoms with Crippen molar-refractivity contribution in [3.8, 4) is 0 Å². The van der Waals surface area contributed by atoms with E-state index in [1.807, 2.05) is 33.9 Å². The number of nitrogens with zero attached hydrogens (tertiary/aromatic N) is 3. The predicted octanol–water partition coefficient (Wildman–Crippen LogP) is 2.31.